The summed E-state index contributed by atoms with van der Waals surface area (Å²) in [4.78, 5) is 11.7. The number of thiophene rings is 1. The van der Waals surface area contributed by atoms with E-state index in [-0.39, 0.29) is 9.77 Å². The maximum atomic E-state index is 12.5. The smallest absolute Gasteiger partial charge is 0.349 e. The van der Waals surface area contributed by atoms with Crippen LogP contribution in [-0.4, -0.2) is 31.3 Å². The molecule has 0 saturated carbocycles. The number of carbonyl (C=O) groups excluding carboxylic acids is 1. The Labute approximate surface area is 126 Å². The van der Waals surface area contributed by atoms with Crippen molar-refractivity contribution in [3.05, 3.63) is 27.6 Å². The van der Waals surface area contributed by atoms with Crippen molar-refractivity contribution >= 4 is 33.1 Å². The number of aryl methyl sites for hydroxylation is 3. The van der Waals surface area contributed by atoms with Gasteiger partial charge in [0.1, 0.15) is 15.6 Å². The van der Waals surface area contributed by atoms with Gasteiger partial charge in [0.05, 0.1) is 12.8 Å². The molecule has 2 aromatic rings. The zero-order valence-corrected chi connectivity index (χ0v) is 13.6. The lowest BCUT2D eigenvalue weighted by atomic mass is 10.3. The topological polar surface area (TPSA) is 90.3 Å². The predicted octanol–water partition coefficient (Wildman–Crippen LogP) is 1.69. The molecule has 9 heteroatoms. The van der Waals surface area contributed by atoms with Gasteiger partial charge in [0.2, 0.25) is 0 Å². The van der Waals surface area contributed by atoms with E-state index in [1.165, 1.54) is 11.8 Å². The van der Waals surface area contributed by atoms with E-state index in [0.717, 1.165) is 11.3 Å². The van der Waals surface area contributed by atoms with Gasteiger partial charge >= 0.3 is 5.97 Å². The van der Waals surface area contributed by atoms with E-state index in [9.17, 15) is 13.2 Å². The molecule has 0 bridgehead atoms. The molecular weight excluding hydrogens is 314 g/mol. The minimum atomic E-state index is -3.90. The van der Waals surface area contributed by atoms with Crippen molar-refractivity contribution in [3.63, 3.8) is 0 Å². The lowest BCUT2D eigenvalue weighted by Gasteiger charge is -2.09. The number of aromatic nitrogens is 2. The third-order valence-corrected chi connectivity index (χ3v) is 5.55. The SMILES string of the molecule is COC(=O)c1scc(C)c1S(=O)(=O)Nc1cc(C)nn1C. The average Bonchev–Trinajstić information content (AvgIpc) is 2.92. The first-order valence-corrected chi connectivity index (χ1v) is 8.32. The quantitative estimate of drug-likeness (QED) is 0.862. The van der Waals surface area contributed by atoms with Crippen LogP contribution in [0.25, 0.3) is 0 Å². The molecule has 2 heterocycles. The highest BCUT2D eigenvalue weighted by Gasteiger charge is 2.28. The van der Waals surface area contributed by atoms with Crippen LogP contribution in [0.1, 0.15) is 20.9 Å². The molecule has 0 radical (unpaired) electrons. The first-order valence-electron chi connectivity index (χ1n) is 5.96. The minimum Gasteiger partial charge on any atom is -0.465 e. The first kappa shape index (κ1) is 15.5. The molecule has 1 N–H and O–H groups in total. The summed E-state index contributed by atoms with van der Waals surface area (Å²) in [5.74, 6) is -0.344. The van der Waals surface area contributed by atoms with Gasteiger partial charge in [-0.3, -0.25) is 9.40 Å². The van der Waals surface area contributed by atoms with Crippen molar-refractivity contribution in [1.82, 2.24) is 9.78 Å². The summed E-state index contributed by atoms with van der Waals surface area (Å²) in [5, 5.41) is 5.68. The van der Waals surface area contributed by atoms with Gasteiger partial charge in [0.25, 0.3) is 10.0 Å². The third-order valence-electron chi connectivity index (χ3n) is 2.80. The van der Waals surface area contributed by atoms with Crippen LogP contribution in [0.5, 0.6) is 0 Å². The van der Waals surface area contributed by atoms with Crippen LogP contribution < -0.4 is 4.72 Å². The molecule has 0 aliphatic heterocycles. The summed E-state index contributed by atoms with van der Waals surface area (Å²) in [6.07, 6.45) is 0. The summed E-state index contributed by atoms with van der Waals surface area (Å²) < 4.78 is 33.6. The number of esters is 1. The molecule has 114 valence electrons. The molecule has 0 saturated heterocycles. The second-order valence-electron chi connectivity index (χ2n) is 4.47. The summed E-state index contributed by atoms with van der Waals surface area (Å²) in [5.41, 5.74) is 1.18. The monoisotopic (exact) mass is 329 g/mol. The van der Waals surface area contributed by atoms with Crippen molar-refractivity contribution in [2.75, 3.05) is 11.8 Å². The van der Waals surface area contributed by atoms with Crippen LogP contribution in [0, 0.1) is 13.8 Å². The maximum absolute atomic E-state index is 12.5. The van der Waals surface area contributed by atoms with Crippen LogP contribution >= 0.6 is 11.3 Å². The Morgan fingerprint density at radius 1 is 1.43 bits per heavy atom. The standard InChI is InChI=1S/C12H15N3O4S2/c1-7-6-20-10(12(16)19-4)11(7)21(17,18)14-9-5-8(2)13-15(9)3/h5-6,14H,1-4H3. The summed E-state index contributed by atoms with van der Waals surface area (Å²) in [6.45, 7) is 3.39. The van der Waals surface area contributed by atoms with E-state index >= 15 is 0 Å². The van der Waals surface area contributed by atoms with E-state index in [1.807, 2.05) is 0 Å². The summed E-state index contributed by atoms with van der Waals surface area (Å²) in [6, 6.07) is 1.61. The zero-order chi connectivity index (χ0) is 15.8. The Morgan fingerprint density at radius 3 is 2.62 bits per heavy atom. The van der Waals surface area contributed by atoms with Crippen LogP contribution in [0.3, 0.4) is 0 Å². The van der Waals surface area contributed by atoms with E-state index < -0.39 is 16.0 Å². The Bertz CT molecular complexity index is 790. The van der Waals surface area contributed by atoms with Gasteiger partial charge in [0, 0.05) is 13.1 Å². The van der Waals surface area contributed by atoms with Crippen molar-refractivity contribution in [2.24, 2.45) is 7.05 Å². The maximum Gasteiger partial charge on any atom is 0.349 e. The molecule has 0 fully saturated rings. The molecule has 0 spiro atoms. The van der Waals surface area contributed by atoms with Crippen molar-refractivity contribution in [3.8, 4) is 0 Å². The molecule has 21 heavy (non-hydrogen) atoms. The molecule has 0 amide bonds. The Balaban J connectivity index is 2.47. The second kappa shape index (κ2) is 5.49. The van der Waals surface area contributed by atoms with Gasteiger partial charge in [-0.1, -0.05) is 0 Å². The molecular formula is C12H15N3O4S2. The molecule has 0 aliphatic rings. The second-order valence-corrected chi connectivity index (χ2v) is 6.97. The van der Waals surface area contributed by atoms with Gasteiger partial charge in [-0.2, -0.15) is 5.10 Å². The Kier molecular flexibility index (Phi) is 4.06. The summed E-state index contributed by atoms with van der Waals surface area (Å²) >= 11 is 1.04. The van der Waals surface area contributed by atoms with E-state index in [0.29, 0.717) is 17.1 Å². The molecule has 0 atom stereocenters. The van der Waals surface area contributed by atoms with Crippen LogP contribution in [0.15, 0.2) is 16.3 Å². The fraction of sp³-hybridized carbons (Fsp3) is 0.333. The fourth-order valence-corrected chi connectivity index (χ4v) is 4.68. The van der Waals surface area contributed by atoms with E-state index in [4.69, 9.17) is 0 Å². The van der Waals surface area contributed by atoms with Gasteiger partial charge in [-0.15, -0.1) is 11.3 Å². The number of methoxy groups -OCH3 is 1. The highest BCUT2D eigenvalue weighted by molar-refractivity contribution is 7.93. The molecule has 0 unspecified atom stereocenters. The number of ether oxygens (including phenoxy) is 1. The number of carbonyl (C=O) groups is 1. The number of rotatable bonds is 4. The zero-order valence-electron chi connectivity index (χ0n) is 12.0. The summed E-state index contributed by atoms with van der Waals surface area (Å²) in [7, 11) is -1.05. The van der Waals surface area contributed by atoms with Gasteiger partial charge in [-0.25, -0.2) is 13.2 Å². The number of nitrogens with zero attached hydrogens (tertiary/aromatic N) is 2. The fourth-order valence-electron chi connectivity index (χ4n) is 1.90. The van der Waals surface area contributed by atoms with E-state index in [1.54, 1.807) is 32.3 Å². The Hall–Kier alpha value is -1.87. The first-order chi connectivity index (χ1) is 9.76. The normalized spacial score (nSPS) is 11.4. The molecule has 7 nitrogen and oxygen atoms in total. The van der Waals surface area contributed by atoms with Crippen LogP contribution in [0.4, 0.5) is 5.82 Å². The Morgan fingerprint density at radius 2 is 2.10 bits per heavy atom. The van der Waals surface area contributed by atoms with Crippen LogP contribution in [0.2, 0.25) is 0 Å². The van der Waals surface area contributed by atoms with E-state index in [2.05, 4.69) is 14.6 Å². The lowest BCUT2D eigenvalue weighted by molar-refractivity contribution is 0.0602. The molecule has 2 aromatic heterocycles. The highest BCUT2D eigenvalue weighted by atomic mass is 32.2. The average molecular weight is 329 g/mol. The third kappa shape index (κ3) is 2.93. The number of nitrogens with one attached hydrogen (secondary N) is 1. The number of hydrogen-bond acceptors (Lipinski definition) is 6. The van der Waals surface area contributed by atoms with Gasteiger partial charge < -0.3 is 4.74 Å². The van der Waals surface area contributed by atoms with Crippen molar-refractivity contribution in [1.29, 1.82) is 0 Å². The van der Waals surface area contributed by atoms with Crippen molar-refractivity contribution < 1.29 is 17.9 Å². The lowest BCUT2D eigenvalue weighted by Crippen LogP contribution is -2.18. The largest absolute Gasteiger partial charge is 0.465 e. The molecule has 2 rings (SSSR count). The predicted molar refractivity (Wildman–Crippen MR) is 79.1 cm³/mol. The molecule has 0 aliphatic carbocycles. The number of hydrogen-bond donors (Lipinski definition) is 1. The molecule has 0 aromatic carbocycles. The van der Waals surface area contributed by atoms with Gasteiger partial charge in [-0.05, 0) is 24.8 Å². The number of sulfonamides is 1. The minimum absolute atomic E-state index is 0.0568. The number of anilines is 1. The van der Waals surface area contributed by atoms with Gasteiger partial charge in [0.15, 0.2) is 0 Å². The van der Waals surface area contributed by atoms with Crippen LogP contribution in [-0.2, 0) is 21.8 Å². The van der Waals surface area contributed by atoms with Crippen molar-refractivity contribution in [2.45, 2.75) is 18.7 Å². The highest BCUT2D eigenvalue weighted by Crippen LogP contribution is 2.29.